The van der Waals surface area contributed by atoms with Gasteiger partial charge in [-0.2, -0.15) is 0 Å². The van der Waals surface area contributed by atoms with Crippen LogP contribution in [0.1, 0.15) is 271 Å². The van der Waals surface area contributed by atoms with Crippen molar-refractivity contribution < 1.29 is 13.9 Å². The van der Waals surface area contributed by atoms with Crippen LogP contribution in [0.15, 0.2) is 0 Å². The van der Waals surface area contributed by atoms with Crippen molar-refractivity contribution in [3.05, 3.63) is 0 Å². The van der Waals surface area contributed by atoms with E-state index in [0.29, 0.717) is 13.2 Å². The molecule has 0 radical (unpaired) electrons. The Kier molecular flexibility index (Phi) is 43.0. The van der Waals surface area contributed by atoms with E-state index >= 15 is 0 Å². The first-order valence-electron chi connectivity index (χ1n) is 23.2. The van der Waals surface area contributed by atoms with Crippen LogP contribution in [0.25, 0.3) is 0 Å². The maximum absolute atomic E-state index is 11.5. The Morgan fingerprint density at radius 3 is 0.673 bits per heavy atom. The summed E-state index contributed by atoms with van der Waals surface area (Å²) in [5.41, 5.74) is 0. The van der Waals surface area contributed by atoms with Crippen molar-refractivity contribution in [3.63, 3.8) is 0 Å². The average molecular weight is 715 g/mol. The van der Waals surface area contributed by atoms with E-state index in [1.165, 1.54) is 231 Å². The molecular weight excluding hydrogens is 619 g/mol. The number of rotatable bonds is 44. The van der Waals surface area contributed by atoms with Crippen molar-refractivity contribution >= 4 is 7.94 Å². The van der Waals surface area contributed by atoms with Crippen molar-refractivity contribution in [1.82, 2.24) is 0 Å². The molecule has 0 aromatic rings. The van der Waals surface area contributed by atoms with Gasteiger partial charge >= 0.3 is 240 Å². The third kappa shape index (κ3) is 40.9. The average Bonchev–Trinajstić information content (AvgIpc) is 3.10. The Bertz CT molecular complexity index is 554. The van der Waals surface area contributed by atoms with Crippen LogP contribution in [-0.2, 0) is 9.05 Å². The quantitative estimate of drug-likeness (QED) is 0.0504. The van der Waals surface area contributed by atoms with Crippen molar-refractivity contribution in [2.75, 3.05) is 19.4 Å². The molecule has 0 spiro atoms. The molecular formula is C45H95O3P. The molecule has 0 atom stereocenters. The monoisotopic (exact) mass is 715 g/mol. The van der Waals surface area contributed by atoms with Crippen LogP contribution in [-0.4, -0.2) is 24.3 Å². The molecule has 0 aromatic heterocycles. The number of unbranched alkanes of at least 4 members (excludes halogenated alkanes) is 36. The predicted molar refractivity (Wildman–Crippen MR) is 224 cm³/mol. The van der Waals surface area contributed by atoms with Gasteiger partial charge in [-0.15, -0.1) is 0 Å². The zero-order valence-corrected chi connectivity index (χ0v) is 35.5. The third-order valence-corrected chi connectivity index (χ3v) is 13.0. The topological polar surface area (TPSA) is 38.7 Å². The van der Waals surface area contributed by atoms with Crippen molar-refractivity contribution in [3.8, 4) is 0 Å². The zero-order chi connectivity index (χ0) is 35.6. The fourth-order valence-corrected chi connectivity index (χ4v) is 9.25. The van der Waals surface area contributed by atoms with Gasteiger partial charge in [0.15, 0.2) is 0 Å². The first-order valence-corrected chi connectivity index (χ1v) is 25.2. The van der Waals surface area contributed by atoms with Gasteiger partial charge in [0, 0.05) is 0 Å². The normalized spacial score (nSPS) is 12.3. The smallest absolute Gasteiger partial charge is 0.0654 e. The van der Waals surface area contributed by atoms with E-state index in [1.54, 1.807) is 0 Å². The van der Waals surface area contributed by atoms with Gasteiger partial charge in [-0.25, -0.2) is 0 Å². The van der Waals surface area contributed by atoms with E-state index in [2.05, 4.69) is 20.8 Å². The van der Waals surface area contributed by atoms with E-state index in [9.17, 15) is 4.89 Å². The Morgan fingerprint density at radius 1 is 0.265 bits per heavy atom. The van der Waals surface area contributed by atoms with Crippen LogP contribution >= 0.6 is 7.94 Å². The van der Waals surface area contributed by atoms with Crippen LogP contribution in [0.3, 0.4) is 0 Å². The fraction of sp³-hybridized carbons (Fsp3) is 1.00. The molecule has 49 heavy (non-hydrogen) atoms. The maximum atomic E-state index is 11.5. The van der Waals surface area contributed by atoms with Gasteiger partial charge in [0.1, 0.15) is 0 Å². The summed E-state index contributed by atoms with van der Waals surface area (Å²) < 4.78 is 12.4. The van der Waals surface area contributed by atoms with Crippen molar-refractivity contribution in [2.24, 2.45) is 0 Å². The first kappa shape index (κ1) is 49.3. The minimum absolute atomic E-state index is 0.678. The van der Waals surface area contributed by atoms with Gasteiger partial charge in [-0.05, 0) is 0 Å². The van der Waals surface area contributed by atoms with E-state index in [1.807, 2.05) is 0 Å². The summed E-state index contributed by atoms with van der Waals surface area (Å²) >= 11 is 0. The van der Waals surface area contributed by atoms with E-state index < -0.39 is 7.94 Å². The van der Waals surface area contributed by atoms with Crippen molar-refractivity contribution in [2.45, 2.75) is 271 Å². The molecule has 3 nitrogen and oxygen atoms in total. The molecule has 0 rings (SSSR count). The molecule has 0 bridgehead atoms. The summed E-state index contributed by atoms with van der Waals surface area (Å²) in [5.74, 6) is 0. The molecule has 0 fully saturated rings. The van der Waals surface area contributed by atoms with Crippen LogP contribution in [0, 0.1) is 0 Å². The molecule has 0 heterocycles. The number of hydrogen-bond donors (Lipinski definition) is 1. The Hall–Kier alpha value is 0.310. The number of hydrogen-bond acceptors (Lipinski definition) is 3. The summed E-state index contributed by atoms with van der Waals surface area (Å²) in [6.07, 6.45) is 53.6. The Morgan fingerprint density at radius 2 is 0.449 bits per heavy atom. The van der Waals surface area contributed by atoms with Crippen LogP contribution in [0.4, 0.5) is 0 Å². The summed E-state index contributed by atoms with van der Waals surface area (Å²) in [6.45, 7) is 8.25. The molecule has 1 N–H and O–H groups in total. The fourth-order valence-electron chi connectivity index (χ4n) is 7.26. The second kappa shape index (κ2) is 42.7. The molecule has 0 saturated carbocycles. The molecule has 0 aliphatic carbocycles. The first-order chi connectivity index (χ1) is 24.2. The summed E-state index contributed by atoms with van der Waals surface area (Å²) in [7, 11) is -3.06. The summed E-state index contributed by atoms with van der Waals surface area (Å²) in [5, 5.41) is 0. The predicted octanol–water partition coefficient (Wildman–Crippen LogP) is 16.8. The SMILES string of the molecule is CCCCCCCCCCCCCCCO[PH](O)(CCCCCCCCCCCCCCC)OCCCCCCCCCCCCCCC. The van der Waals surface area contributed by atoms with Gasteiger partial charge in [0.05, 0.1) is 0 Å². The summed E-state index contributed by atoms with van der Waals surface area (Å²) in [4.78, 5) is 11.5. The van der Waals surface area contributed by atoms with Gasteiger partial charge in [0.2, 0.25) is 0 Å². The molecule has 0 unspecified atom stereocenters. The van der Waals surface area contributed by atoms with Gasteiger partial charge < -0.3 is 0 Å². The molecule has 0 saturated heterocycles. The standard InChI is InChI=1S/C45H95O3P/c1-4-7-10-13-16-19-22-25-28-31-34-37-40-43-47-49(46,45-42-39-36-33-30-27-24-21-18-15-12-9-6-3)48-44-41-38-35-32-29-26-23-20-17-14-11-8-5-2/h46,49H,4-45H2,1-3H3. The minimum atomic E-state index is -3.06. The zero-order valence-electron chi connectivity index (χ0n) is 34.5. The molecule has 4 heteroatoms. The minimum Gasteiger partial charge on any atom is -0.0654 e. The van der Waals surface area contributed by atoms with Crippen LogP contribution in [0.5, 0.6) is 0 Å². The molecule has 298 valence electrons. The van der Waals surface area contributed by atoms with Crippen LogP contribution in [0.2, 0.25) is 0 Å². The van der Waals surface area contributed by atoms with E-state index in [0.717, 1.165) is 25.4 Å². The molecule has 0 aliphatic rings. The third-order valence-electron chi connectivity index (χ3n) is 10.7. The van der Waals surface area contributed by atoms with E-state index in [4.69, 9.17) is 9.05 Å². The second-order valence-electron chi connectivity index (χ2n) is 15.9. The molecule has 0 aliphatic heterocycles. The van der Waals surface area contributed by atoms with Gasteiger partial charge in [-0.1, -0.05) is 72.1 Å². The Balaban J connectivity index is 4.07. The van der Waals surface area contributed by atoms with Gasteiger partial charge in [-0.3, -0.25) is 0 Å². The molecule has 0 aromatic carbocycles. The van der Waals surface area contributed by atoms with Crippen molar-refractivity contribution in [1.29, 1.82) is 0 Å². The van der Waals surface area contributed by atoms with Crippen LogP contribution < -0.4 is 0 Å². The molecule has 0 amide bonds. The Labute approximate surface area is 311 Å². The summed E-state index contributed by atoms with van der Waals surface area (Å²) in [6, 6.07) is 0. The van der Waals surface area contributed by atoms with E-state index in [-0.39, 0.29) is 0 Å². The van der Waals surface area contributed by atoms with Gasteiger partial charge in [0.25, 0.3) is 0 Å². The second-order valence-corrected chi connectivity index (χ2v) is 18.4.